The molecule has 2 aromatic heterocycles. The van der Waals surface area contributed by atoms with E-state index >= 15 is 0 Å². The molecule has 9 nitrogen and oxygen atoms in total. The fraction of sp³-hybridized carbons (Fsp3) is 0.182. The highest BCUT2D eigenvalue weighted by molar-refractivity contribution is 9.10. The Labute approximate surface area is 211 Å². The number of aromatic nitrogens is 3. The summed E-state index contributed by atoms with van der Waals surface area (Å²) in [4.78, 5) is 13.7. The second kappa shape index (κ2) is 11.2. The van der Waals surface area contributed by atoms with Crippen LogP contribution in [0, 0.1) is 16.8 Å². The molecule has 0 spiro atoms. The van der Waals surface area contributed by atoms with Crippen molar-refractivity contribution in [1.29, 1.82) is 10.9 Å². The molecule has 188 valence electrons. The molecule has 2 heterocycles. The van der Waals surface area contributed by atoms with Crippen LogP contribution in [0.1, 0.15) is 36.5 Å². The Bertz CT molecular complexity index is 1310. The molecule has 0 saturated carbocycles. The number of rotatable bonds is 9. The Morgan fingerprint density at radius 1 is 1.28 bits per heavy atom. The number of nitrogens with zero attached hydrogens (tertiary/aromatic N) is 4. The molecule has 0 aliphatic heterocycles. The third kappa shape index (κ3) is 5.64. The zero-order valence-electron chi connectivity index (χ0n) is 18.7. The number of aliphatic imine (C=N–C) groups is 1. The lowest BCUT2D eigenvalue weighted by molar-refractivity contribution is -0.144. The van der Waals surface area contributed by atoms with Crippen LogP contribution in [-0.4, -0.2) is 27.1 Å². The number of halogens is 5. The van der Waals surface area contributed by atoms with Gasteiger partial charge in [-0.2, -0.15) is 18.3 Å². The maximum atomic E-state index is 14.0. The Kier molecular flexibility index (Phi) is 8.29. The molecule has 0 radical (unpaired) electrons. The predicted octanol–water partition coefficient (Wildman–Crippen LogP) is 6.18. The molecule has 14 heteroatoms. The molecule has 1 unspecified atom stereocenters. The number of anilines is 1. The molecule has 36 heavy (non-hydrogen) atoms. The largest absolute Gasteiger partial charge is 0.451 e. The molecule has 0 amide bonds. The molecule has 1 atom stereocenters. The number of aromatic amines is 1. The van der Waals surface area contributed by atoms with Gasteiger partial charge in [0, 0.05) is 45.8 Å². The summed E-state index contributed by atoms with van der Waals surface area (Å²) in [5.41, 5.74) is 15.3. The third-order valence-corrected chi connectivity index (χ3v) is 5.94. The smallest absolute Gasteiger partial charge is 0.382 e. The minimum Gasteiger partial charge on any atom is -0.382 e. The van der Waals surface area contributed by atoms with Gasteiger partial charge in [0.2, 0.25) is 5.82 Å². The second-order valence-electron chi connectivity index (χ2n) is 7.31. The van der Waals surface area contributed by atoms with E-state index < -0.39 is 23.7 Å². The average molecular weight is 566 g/mol. The van der Waals surface area contributed by atoms with Gasteiger partial charge in [0.05, 0.1) is 17.1 Å². The van der Waals surface area contributed by atoms with Gasteiger partial charge in [-0.05, 0) is 34.5 Å². The topological polar surface area (TPSA) is 152 Å². The Morgan fingerprint density at radius 2 is 1.94 bits per heavy atom. The van der Waals surface area contributed by atoms with Crippen molar-refractivity contribution in [2.24, 2.45) is 15.8 Å². The third-order valence-electron chi connectivity index (χ3n) is 5.11. The highest BCUT2D eigenvalue weighted by atomic mass is 79.9. The molecular weight excluding hydrogens is 546 g/mol. The van der Waals surface area contributed by atoms with Crippen molar-refractivity contribution in [2.75, 3.05) is 5.32 Å². The normalized spacial score (nSPS) is 13.4. The number of H-pyrrole nitrogens is 1. The Balaban J connectivity index is 2.12. The van der Waals surface area contributed by atoms with E-state index in [9.17, 15) is 17.6 Å². The lowest BCUT2D eigenvalue weighted by Gasteiger charge is -2.15. The van der Waals surface area contributed by atoms with Crippen LogP contribution in [0.25, 0.3) is 11.1 Å². The van der Waals surface area contributed by atoms with Gasteiger partial charge in [-0.25, -0.2) is 24.9 Å². The van der Waals surface area contributed by atoms with Crippen molar-refractivity contribution in [1.82, 2.24) is 15.0 Å². The number of nitrogens with one attached hydrogen (secondary N) is 4. The van der Waals surface area contributed by atoms with Crippen molar-refractivity contribution < 1.29 is 17.6 Å². The first-order valence-corrected chi connectivity index (χ1v) is 11.1. The summed E-state index contributed by atoms with van der Waals surface area (Å²) >= 11 is 3.48. The van der Waals surface area contributed by atoms with Crippen LogP contribution in [0.3, 0.4) is 0 Å². The highest BCUT2D eigenvalue weighted by Crippen LogP contribution is 2.41. The number of alkyl halides is 3. The first-order valence-electron chi connectivity index (χ1n) is 10.3. The first kappa shape index (κ1) is 26.7. The molecule has 0 saturated heterocycles. The van der Waals surface area contributed by atoms with E-state index in [-0.39, 0.29) is 28.5 Å². The summed E-state index contributed by atoms with van der Waals surface area (Å²) in [5, 5.41) is 13.6. The van der Waals surface area contributed by atoms with Crippen molar-refractivity contribution in [3.05, 3.63) is 76.1 Å². The highest BCUT2D eigenvalue weighted by Gasteiger charge is 2.35. The zero-order chi connectivity index (χ0) is 26.5. The van der Waals surface area contributed by atoms with Gasteiger partial charge >= 0.3 is 6.18 Å². The van der Waals surface area contributed by atoms with E-state index in [1.165, 1.54) is 18.3 Å². The Hall–Kier alpha value is -3.94. The molecule has 0 bridgehead atoms. The van der Waals surface area contributed by atoms with Gasteiger partial charge in [-0.1, -0.05) is 19.1 Å². The molecule has 0 aliphatic carbocycles. The van der Waals surface area contributed by atoms with Crippen molar-refractivity contribution in [3.8, 4) is 11.1 Å². The molecule has 3 aromatic rings. The van der Waals surface area contributed by atoms with E-state index in [2.05, 4.69) is 46.3 Å². The van der Waals surface area contributed by atoms with Crippen LogP contribution in [0.15, 0.2) is 63.1 Å². The lowest BCUT2D eigenvalue weighted by Crippen LogP contribution is -2.16. The van der Waals surface area contributed by atoms with Gasteiger partial charge in [-0.3, -0.25) is 5.41 Å². The van der Waals surface area contributed by atoms with Crippen molar-refractivity contribution in [2.45, 2.75) is 25.4 Å². The van der Waals surface area contributed by atoms with Crippen LogP contribution >= 0.6 is 15.9 Å². The number of hydrogen-bond donors (Lipinski definition) is 5. The summed E-state index contributed by atoms with van der Waals surface area (Å²) in [7, 11) is 0. The summed E-state index contributed by atoms with van der Waals surface area (Å²) in [6.45, 7) is 1.83. The lowest BCUT2D eigenvalue weighted by atomic mass is 9.98. The van der Waals surface area contributed by atoms with E-state index in [0.29, 0.717) is 22.2 Å². The minimum absolute atomic E-state index is 0.112. The van der Waals surface area contributed by atoms with Gasteiger partial charge in [0.25, 0.3) is 0 Å². The molecular formula is C22H20BrF4N9. The molecule has 1 aromatic carbocycles. The van der Waals surface area contributed by atoms with E-state index in [4.69, 9.17) is 16.7 Å². The Morgan fingerprint density at radius 3 is 2.50 bits per heavy atom. The van der Waals surface area contributed by atoms with E-state index in [1.54, 1.807) is 12.1 Å². The standard InChI is InChI=1S/C22H20BrF4N9/c1-2-12(15(36-30)9-31-14-6-4-3-5-13(14)24)18-17(23)16(19(35-18)20(29)34-10-28)11-7-32-21(33-8-11)22(25,26)27/h3-10,12,30-31,35H,2H2,1H3,(H3,28,29,34)/b15-9-,36-30?. The fourth-order valence-corrected chi connectivity index (χ4v) is 4.24. The summed E-state index contributed by atoms with van der Waals surface area (Å²) in [6, 6.07) is 5.99. The van der Waals surface area contributed by atoms with Crippen molar-refractivity contribution in [3.63, 3.8) is 0 Å². The van der Waals surface area contributed by atoms with Gasteiger partial charge < -0.3 is 16.0 Å². The van der Waals surface area contributed by atoms with Gasteiger partial charge in [0.15, 0.2) is 0 Å². The van der Waals surface area contributed by atoms with Gasteiger partial charge in [0.1, 0.15) is 18.0 Å². The predicted molar refractivity (Wildman–Crippen MR) is 130 cm³/mol. The van der Waals surface area contributed by atoms with Crippen LogP contribution in [0.5, 0.6) is 0 Å². The van der Waals surface area contributed by atoms with Crippen LogP contribution in [0.4, 0.5) is 23.2 Å². The minimum atomic E-state index is -4.71. The summed E-state index contributed by atoms with van der Waals surface area (Å²) in [6.07, 6.45) is -0.173. The zero-order valence-corrected chi connectivity index (χ0v) is 20.2. The number of hydrogen-bond acceptors (Lipinski definition) is 6. The summed E-state index contributed by atoms with van der Waals surface area (Å²) in [5.74, 6) is -2.45. The van der Waals surface area contributed by atoms with Gasteiger partial charge in [-0.15, -0.1) is 0 Å². The van der Waals surface area contributed by atoms with Crippen molar-refractivity contribution >= 4 is 33.8 Å². The SMILES string of the molecule is CCC(/C(=C/Nc1ccccc1F)N=N)c1[nH]c(/C(N)=N\C=N)c(-c2cnc(C(F)(F)F)nc2)c1Br. The fourth-order valence-electron chi connectivity index (χ4n) is 3.44. The maximum absolute atomic E-state index is 14.0. The maximum Gasteiger partial charge on any atom is 0.451 e. The second-order valence-corrected chi connectivity index (χ2v) is 8.10. The number of allylic oxidation sites excluding steroid dienone is 1. The van der Waals surface area contributed by atoms with Crippen LogP contribution in [0.2, 0.25) is 0 Å². The van der Waals surface area contributed by atoms with Crippen LogP contribution in [-0.2, 0) is 6.18 Å². The number of para-hydroxylation sites is 1. The molecule has 3 rings (SSSR count). The van der Waals surface area contributed by atoms with Crippen LogP contribution < -0.4 is 11.1 Å². The van der Waals surface area contributed by atoms with E-state index in [1.807, 2.05) is 6.92 Å². The average Bonchev–Trinajstić information content (AvgIpc) is 3.19. The monoisotopic (exact) mass is 565 g/mol. The van der Waals surface area contributed by atoms with E-state index in [0.717, 1.165) is 18.7 Å². The molecule has 0 fully saturated rings. The molecule has 0 aliphatic rings. The molecule has 6 N–H and O–H groups in total. The number of amidine groups is 1. The number of nitrogens with two attached hydrogens (primary N) is 1. The first-order chi connectivity index (χ1) is 17.1. The quantitative estimate of drug-likeness (QED) is 0.0909. The summed E-state index contributed by atoms with van der Waals surface area (Å²) < 4.78 is 53.2. The number of benzene rings is 1.